The maximum Gasteiger partial charge on any atom is 0.240 e. The van der Waals surface area contributed by atoms with Gasteiger partial charge < -0.3 is 4.74 Å². The Morgan fingerprint density at radius 1 is 1.47 bits per heavy atom. The normalized spacial score (nSPS) is 20.6. The van der Waals surface area contributed by atoms with E-state index in [-0.39, 0.29) is 6.10 Å². The van der Waals surface area contributed by atoms with Gasteiger partial charge in [-0.25, -0.2) is 13.1 Å². The standard InChI is InChI=1S/C12H17NO3S/c1-10-4-2-6-12(8-10)17(14,15)13-9-11-5-3-7-16-11/h2,4,6,8,11,13H,3,5,7,9H2,1H3. The van der Waals surface area contributed by atoms with Crippen LogP contribution in [0.4, 0.5) is 0 Å². The first-order valence-electron chi connectivity index (χ1n) is 5.76. The lowest BCUT2D eigenvalue weighted by Crippen LogP contribution is -2.31. The Morgan fingerprint density at radius 2 is 2.29 bits per heavy atom. The minimum Gasteiger partial charge on any atom is -0.377 e. The molecular weight excluding hydrogens is 238 g/mol. The molecule has 0 bridgehead atoms. The van der Waals surface area contributed by atoms with Gasteiger partial charge in [0, 0.05) is 13.2 Å². The fourth-order valence-corrected chi connectivity index (χ4v) is 3.04. The van der Waals surface area contributed by atoms with Gasteiger partial charge in [0.15, 0.2) is 0 Å². The molecule has 0 spiro atoms. The van der Waals surface area contributed by atoms with Crippen LogP contribution in [0.1, 0.15) is 18.4 Å². The van der Waals surface area contributed by atoms with Crippen molar-refractivity contribution in [2.24, 2.45) is 0 Å². The van der Waals surface area contributed by atoms with Crippen LogP contribution in [0.25, 0.3) is 0 Å². The third-order valence-corrected chi connectivity index (χ3v) is 4.25. The van der Waals surface area contributed by atoms with Crippen molar-refractivity contribution in [3.63, 3.8) is 0 Å². The van der Waals surface area contributed by atoms with E-state index in [1.54, 1.807) is 18.2 Å². The second-order valence-corrected chi connectivity index (χ2v) is 6.07. The Hall–Kier alpha value is -0.910. The van der Waals surface area contributed by atoms with E-state index in [2.05, 4.69) is 4.72 Å². The number of rotatable bonds is 4. The first kappa shape index (κ1) is 12.5. The Labute approximate surface area is 102 Å². The Balaban J connectivity index is 2.03. The molecule has 0 saturated carbocycles. The maximum atomic E-state index is 12.0. The number of benzene rings is 1. The molecule has 1 atom stereocenters. The van der Waals surface area contributed by atoms with Gasteiger partial charge >= 0.3 is 0 Å². The quantitative estimate of drug-likeness (QED) is 0.886. The number of aryl methyl sites for hydroxylation is 1. The molecule has 1 heterocycles. The molecule has 0 amide bonds. The van der Waals surface area contributed by atoms with E-state index in [0.29, 0.717) is 11.4 Å². The molecule has 0 aliphatic carbocycles. The van der Waals surface area contributed by atoms with Gasteiger partial charge in [-0.2, -0.15) is 0 Å². The van der Waals surface area contributed by atoms with Crippen LogP contribution in [-0.4, -0.2) is 27.7 Å². The third-order valence-electron chi connectivity index (χ3n) is 2.82. The van der Waals surface area contributed by atoms with Gasteiger partial charge in [0.25, 0.3) is 0 Å². The highest BCUT2D eigenvalue weighted by Gasteiger charge is 2.20. The topological polar surface area (TPSA) is 55.4 Å². The largest absolute Gasteiger partial charge is 0.377 e. The molecular formula is C12H17NO3S. The molecule has 5 heteroatoms. The maximum absolute atomic E-state index is 12.0. The van der Waals surface area contributed by atoms with Crippen LogP contribution in [0.15, 0.2) is 29.2 Å². The number of sulfonamides is 1. The number of hydrogen-bond donors (Lipinski definition) is 1. The van der Waals surface area contributed by atoms with Crippen LogP contribution in [0, 0.1) is 6.92 Å². The molecule has 17 heavy (non-hydrogen) atoms. The number of nitrogens with one attached hydrogen (secondary N) is 1. The number of hydrogen-bond acceptors (Lipinski definition) is 3. The summed E-state index contributed by atoms with van der Waals surface area (Å²) in [4.78, 5) is 0.315. The Bertz CT molecular complexity index is 478. The molecule has 2 rings (SSSR count). The summed E-state index contributed by atoms with van der Waals surface area (Å²) >= 11 is 0. The van der Waals surface area contributed by atoms with Gasteiger partial charge in [-0.15, -0.1) is 0 Å². The molecule has 4 nitrogen and oxygen atoms in total. The molecule has 1 aliphatic heterocycles. The summed E-state index contributed by atoms with van der Waals surface area (Å²) < 4.78 is 31.9. The third kappa shape index (κ3) is 3.28. The van der Waals surface area contributed by atoms with Crippen molar-refractivity contribution in [1.82, 2.24) is 4.72 Å². The van der Waals surface area contributed by atoms with Crippen molar-refractivity contribution < 1.29 is 13.2 Å². The minimum absolute atomic E-state index is 0.0228. The summed E-state index contributed by atoms with van der Waals surface area (Å²) in [5.74, 6) is 0. The highest BCUT2D eigenvalue weighted by molar-refractivity contribution is 7.89. The van der Waals surface area contributed by atoms with E-state index >= 15 is 0 Å². The van der Waals surface area contributed by atoms with Crippen molar-refractivity contribution in [2.45, 2.75) is 30.8 Å². The first-order valence-corrected chi connectivity index (χ1v) is 7.24. The van der Waals surface area contributed by atoms with Gasteiger partial charge in [-0.1, -0.05) is 12.1 Å². The van der Waals surface area contributed by atoms with Gasteiger partial charge in [0.05, 0.1) is 11.0 Å². The molecule has 1 aliphatic rings. The first-order chi connectivity index (χ1) is 8.08. The summed E-state index contributed by atoms with van der Waals surface area (Å²) in [6, 6.07) is 6.89. The highest BCUT2D eigenvalue weighted by atomic mass is 32.2. The van der Waals surface area contributed by atoms with Crippen LogP contribution in [0.2, 0.25) is 0 Å². The van der Waals surface area contributed by atoms with Crippen LogP contribution in [0.3, 0.4) is 0 Å². The van der Waals surface area contributed by atoms with Crippen molar-refractivity contribution in [1.29, 1.82) is 0 Å². The minimum atomic E-state index is -3.40. The van der Waals surface area contributed by atoms with Gasteiger partial charge in [0.1, 0.15) is 0 Å². The lowest BCUT2D eigenvalue weighted by Gasteiger charge is -2.11. The highest BCUT2D eigenvalue weighted by Crippen LogP contribution is 2.14. The van der Waals surface area contributed by atoms with Crippen molar-refractivity contribution in [3.8, 4) is 0 Å². The molecule has 0 radical (unpaired) electrons. The average Bonchev–Trinajstić information content (AvgIpc) is 2.79. The van der Waals surface area contributed by atoms with E-state index in [1.807, 2.05) is 13.0 Å². The van der Waals surface area contributed by atoms with Crippen LogP contribution in [0.5, 0.6) is 0 Å². The van der Waals surface area contributed by atoms with Crippen LogP contribution < -0.4 is 4.72 Å². The molecule has 1 aromatic carbocycles. The van der Waals surface area contributed by atoms with E-state index < -0.39 is 10.0 Å². The van der Waals surface area contributed by atoms with Crippen molar-refractivity contribution in [3.05, 3.63) is 29.8 Å². The second kappa shape index (κ2) is 5.16. The predicted molar refractivity (Wildman–Crippen MR) is 65.3 cm³/mol. The molecule has 1 N–H and O–H groups in total. The van der Waals surface area contributed by atoms with Crippen molar-refractivity contribution in [2.75, 3.05) is 13.2 Å². The molecule has 1 unspecified atom stereocenters. The summed E-state index contributed by atoms with van der Waals surface area (Å²) in [6.45, 7) is 2.96. The van der Waals surface area contributed by atoms with Gasteiger partial charge in [0.2, 0.25) is 10.0 Å². The lowest BCUT2D eigenvalue weighted by atomic mass is 10.2. The second-order valence-electron chi connectivity index (χ2n) is 4.30. The number of ether oxygens (including phenoxy) is 1. The zero-order chi connectivity index (χ0) is 12.3. The van der Waals surface area contributed by atoms with E-state index in [1.165, 1.54) is 0 Å². The predicted octanol–water partition coefficient (Wildman–Crippen LogP) is 1.45. The molecule has 1 aromatic rings. The van der Waals surface area contributed by atoms with Crippen molar-refractivity contribution >= 4 is 10.0 Å². The SMILES string of the molecule is Cc1cccc(S(=O)(=O)NCC2CCCO2)c1. The van der Waals surface area contributed by atoms with E-state index in [4.69, 9.17) is 4.74 Å². The monoisotopic (exact) mass is 255 g/mol. The molecule has 0 aromatic heterocycles. The summed E-state index contributed by atoms with van der Waals surface area (Å²) in [6.07, 6.45) is 1.96. The Kier molecular flexibility index (Phi) is 3.81. The average molecular weight is 255 g/mol. The molecule has 1 saturated heterocycles. The van der Waals surface area contributed by atoms with E-state index in [9.17, 15) is 8.42 Å². The fraction of sp³-hybridized carbons (Fsp3) is 0.500. The van der Waals surface area contributed by atoms with Crippen LogP contribution >= 0.6 is 0 Å². The zero-order valence-electron chi connectivity index (χ0n) is 9.85. The van der Waals surface area contributed by atoms with Gasteiger partial charge in [-0.05, 0) is 37.5 Å². The summed E-state index contributed by atoms with van der Waals surface area (Å²) in [7, 11) is -3.40. The zero-order valence-corrected chi connectivity index (χ0v) is 10.7. The molecule has 94 valence electrons. The molecule has 1 fully saturated rings. The van der Waals surface area contributed by atoms with E-state index in [0.717, 1.165) is 25.0 Å². The summed E-state index contributed by atoms with van der Waals surface area (Å²) in [5, 5.41) is 0. The fourth-order valence-electron chi connectivity index (χ4n) is 1.87. The Morgan fingerprint density at radius 3 is 2.94 bits per heavy atom. The summed E-state index contributed by atoms with van der Waals surface area (Å²) in [5.41, 5.74) is 0.935. The smallest absolute Gasteiger partial charge is 0.240 e. The lowest BCUT2D eigenvalue weighted by molar-refractivity contribution is 0.114. The van der Waals surface area contributed by atoms with Crippen LogP contribution in [-0.2, 0) is 14.8 Å². The van der Waals surface area contributed by atoms with Gasteiger partial charge in [-0.3, -0.25) is 0 Å².